The highest BCUT2D eigenvalue weighted by Crippen LogP contribution is 2.32. The van der Waals surface area contributed by atoms with Gasteiger partial charge in [0.25, 0.3) is 0 Å². The molecule has 106 valence electrons. The predicted octanol–water partition coefficient (Wildman–Crippen LogP) is 3.77. The first-order valence-corrected chi connectivity index (χ1v) is 7.91. The van der Waals surface area contributed by atoms with Crippen molar-refractivity contribution in [2.45, 2.75) is 37.0 Å². The maximum atomic E-state index is 14.0. The summed E-state index contributed by atoms with van der Waals surface area (Å²) in [5.74, 6) is 1.30. The maximum Gasteiger partial charge on any atom is 0.131 e. The fraction of sp³-hybridized carbons (Fsp3) is 0.600. The zero-order chi connectivity index (χ0) is 13.7. The maximum absolute atomic E-state index is 14.0. The van der Waals surface area contributed by atoms with Crippen molar-refractivity contribution in [1.29, 1.82) is 0 Å². The van der Waals surface area contributed by atoms with Gasteiger partial charge in [-0.3, -0.25) is 0 Å². The van der Waals surface area contributed by atoms with Crippen molar-refractivity contribution >= 4 is 11.8 Å². The Balaban J connectivity index is 1.99. The van der Waals surface area contributed by atoms with Crippen LogP contribution in [0, 0.1) is 5.82 Å². The molecule has 0 spiro atoms. The molecule has 1 aliphatic carbocycles. The molecular formula is C15H22FNOS. The number of thioether (sulfide) groups is 1. The Labute approximate surface area is 119 Å². The molecule has 0 radical (unpaired) electrons. The third-order valence-corrected chi connectivity index (χ3v) is 5.20. The summed E-state index contributed by atoms with van der Waals surface area (Å²) in [7, 11) is 3.45. The summed E-state index contributed by atoms with van der Waals surface area (Å²) >= 11 is 1.97. The molecule has 0 bridgehead atoms. The predicted molar refractivity (Wildman–Crippen MR) is 79.5 cm³/mol. The van der Waals surface area contributed by atoms with Crippen LogP contribution in [0.5, 0.6) is 5.75 Å². The molecule has 1 saturated carbocycles. The largest absolute Gasteiger partial charge is 0.497 e. The first kappa shape index (κ1) is 14.7. The van der Waals surface area contributed by atoms with Crippen LogP contribution in [0.4, 0.5) is 4.39 Å². The van der Waals surface area contributed by atoms with Crippen LogP contribution in [0.15, 0.2) is 18.2 Å². The average Bonchev–Trinajstić information content (AvgIpc) is 2.94. The Morgan fingerprint density at radius 3 is 2.74 bits per heavy atom. The minimum atomic E-state index is -0.189. The van der Waals surface area contributed by atoms with Crippen LogP contribution >= 0.6 is 11.8 Å². The number of benzene rings is 1. The van der Waals surface area contributed by atoms with Crippen LogP contribution in [-0.2, 0) is 0 Å². The van der Waals surface area contributed by atoms with E-state index in [1.807, 2.05) is 30.9 Å². The topological polar surface area (TPSA) is 21.3 Å². The second-order valence-corrected chi connectivity index (χ2v) is 6.30. The summed E-state index contributed by atoms with van der Waals surface area (Å²) in [6.45, 7) is 0. The lowest BCUT2D eigenvalue weighted by molar-refractivity contribution is 0.410. The molecule has 1 aliphatic rings. The number of hydrogen-bond donors (Lipinski definition) is 1. The van der Waals surface area contributed by atoms with Crippen LogP contribution in [0.2, 0.25) is 0 Å². The van der Waals surface area contributed by atoms with Gasteiger partial charge in [-0.15, -0.1) is 0 Å². The van der Waals surface area contributed by atoms with Gasteiger partial charge in [0.2, 0.25) is 0 Å². The highest BCUT2D eigenvalue weighted by molar-refractivity contribution is 7.99. The molecule has 4 heteroatoms. The quantitative estimate of drug-likeness (QED) is 0.858. The van der Waals surface area contributed by atoms with Crippen molar-refractivity contribution in [2.75, 3.05) is 19.9 Å². The Morgan fingerprint density at radius 2 is 2.16 bits per heavy atom. The number of rotatable bonds is 6. The summed E-state index contributed by atoms with van der Waals surface area (Å²) < 4.78 is 19.1. The summed E-state index contributed by atoms with van der Waals surface area (Å²) in [6, 6.07) is 5.17. The normalized spacial score (nSPS) is 17.6. The molecule has 1 aromatic rings. The second-order valence-electron chi connectivity index (χ2n) is 4.97. The Morgan fingerprint density at radius 1 is 1.42 bits per heavy atom. The van der Waals surface area contributed by atoms with E-state index in [0.29, 0.717) is 5.75 Å². The van der Waals surface area contributed by atoms with E-state index in [9.17, 15) is 4.39 Å². The van der Waals surface area contributed by atoms with Crippen LogP contribution in [0.3, 0.4) is 0 Å². The number of ether oxygens (including phenoxy) is 1. The summed E-state index contributed by atoms with van der Waals surface area (Å²) in [6.07, 6.45) is 5.32. The Bertz CT molecular complexity index is 407. The van der Waals surface area contributed by atoms with Gasteiger partial charge in [-0.2, -0.15) is 11.8 Å². The van der Waals surface area contributed by atoms with Gasteiger partial charge >= 0.3 is 0 Å². The van der Waals surface area contributed by atoms with E-state index in [0.717, 1.165) is 16.6 Å². The SMILES string of the molecule is CNC(CSC1CCCC1)c1ccc(OC)cc1F. The van der Waals surface area contributed by atoms with Gasteiger partial charge in [-0.25, -0.2) is 4.39 Å². The summed E-state index contributed by atoms with van der Waals surface area (Å²) in [4.78, 5) is 0. The van der Waals surface area contributed by atoms with Gasteiger partial charge < -0.3 is 10.1 Å². The molecule has 19 heavy (non-hydrogen) atoms. The molecule has 1 atom stereocenters. The molecule has 1 fully saturated rings. The molecular weight excluding hydrogens is 261 g/mol. The van der Waals surface area contributed by atoms with Crippen LogP contribution in [0.1, 0.15) is 37.3 Å². The number of hydrogen-bond acceptors (Lipinski definition) is 3. The molecule has 0 amide bonds. The third-order valence-electron chi connectivity index (χ3n) is 3.73. The van der Waals surface area contributed by atoms with Crippen molar-refractivity contribution in [1.82, 2.24) is 5.32 Å². The molecule has 1 unspecified atom stereocenters. The lowest BCUT2D eigenvalue weighted by Crippen LogP contribution is -2.21. The standard InChI is InChI=1S/C15H22FNOS/c1-17-15(10-19-12-5-3-4-6-12)13-8-7-11(18-2)9-14(13)16/h7-9,12,15,17H,3-6,10H2,1-2H3. The highest BCUT2D eigenvalue weighted by Gasteiger charge is 2.20. The number of nitrogens with one attached hydrogen (secondary N) is 1. The van der Waals surface area contributed by atoms with Crippen LogP contribution in [-0.4, -0.2) is 25.2 Å². The van der Waals surface area contributed by atoms with E-state index >= 15 is 0 Å². The molecule has 0 saturated heterocycles. The van der Waals surface area contributed by atoms with Crippen molar-refractivity contribution in [3.05, 3.63) is 29.6 Å². The van der Waals surface area contributed by atoms with Crippen molar-refractivity contribution in [3.8, 4) is 5.75 Å². The Kier molecular flexibility index (Phi) is 5.52. The second kappa shape index (κ2) is 7.15. The average molecular weight is 283 g/mol. The number of halogens is 1. The third kappa shape index (κ3) is 3.86. The van der Waals surface area contributed by atoms with Gasteiger partial charge in [0.1, 0.15) is 11.6 Å². The van der Waals surface area contributed by atoms with Crippen molar-refractivity contribution in [2.24, 2.45) is 0 Å². The van der Waals surface area contributed by atoms with Gasteiger partial charge in [0, 0.05) is 28.7 Å². The van der Waals surface area contributed by atoms with Gasteiger partial charge in [-0.1, -0.05) is 18.9 Å². The molecule has 1 aromatic carbocycles. The molecule has 2 rings (SSSR count). The molecule has 0 heterocycles. The summed E-state index contributed by atoms with van der Waals surface area (Å²) in [5.41, 5.74) is 0.730. The zero-order valence-corrected chi connectivity index (χ0v) is 12.4. The zero-order valence-electron chi connectivity index (χ0n) is 11.6. The lowest BCUT2D eigenvalue weighted by atomic mass is 10.1. The van der Waals surface area contributed by atoms with E-state index < -0.39 is 0 Å². The first-order valence-electron chi connectivity index (χ1n) is 6.87. The molecule has 1 N–H and O–H groups in total. The summed E-state index contributed by atoms with van der Waals surface area (Å²) in [5, 5.41) is 3.98. The fourth-order valence-electron chi connectivity index (χ4n) is 2.53. The van der Waals surface area contributed by atoms with E-state index in [1.54, 1.807) is 7.11 Å². The highest BCUT2D eigenvalue weighted by atomic mass is 32.2. The monoisotopic (exact) mass is 283 g/mol. The van der Waals surface area contributed by atoms with Gasteiger partial charge in [0.15, 0.2) is 0 Å². The fourth-order valence-corrected chi connectivity index (χ4v) is 4.01. The number of methoxy groups -OCH3 is 1. The smallest absolute Gasteiger partial charge is 0.131 e. The van der Waals surface area contributed by atoms with Gasteiger partial charge in [-0.05, 0) is 26.0 Å². The van der Waals surface area contributed by atoms with E-state index in [2.05, 4.69) is 5.32 Å². The van der Waals surface area contributed by atoms with Gasteiger partial charge in [0.05, 0.1) is 7.11 Å². The van der Waals surface area contributed by atoms with Crippen LogP contribution < -0.4 is 10.1 Å². The minimum absolute atomic E-state index is 0.0662. The molecule has 0 aliphatic heterocycles. The minimum Gasteiger partial charge on any atom is -0.497 e. The Hall–Kier alpha value is -0.740. The van der Waals surface area contributed by atoms with Crippen molar-refractivity contribution < 1.29 is 9.13 Å². The first-order chi connectivity index (χ1) is 9.24. The van der Waals surface area contributed by atoms with E-state index in [-0.39, 0.29) is 11.9 Å². The van der Waals surface area contributed by atoms with E-state index in [1.165, 1.54) is 31.7 Å². The van der Waals surface area contributed by atoms with Crippen LogP contribution in [0.25, 0.3) is 0 Å². The molecule has 2 nitrogen and oxygen atoms in total. The lowest BCUT2D eigenvalue weighted by Gasteiger charge is -2.19. The molecule has 0 aromatic heterocycles. The van der Waals surface area contributed by atoms with Crippen molar-refractivity contribution in [3.63, 3.8) is 0 Å². The van der Waals surface area contributed by atoms with E-state index in [4.69, 9.17) is 4.74 Å².